The number of nitrogens with two attached hydrogens (primary N) is 1. The lowest BCUT2D eigenvalue weighted by Crippen LogP contribution is -2.49. The number of nitrogens with one attached hydrogen (secondary N) is 1. The van der Waals surface area contributed by atoms with Crippen LogP contribution in [-0.4, -0.2) is 29.8 Å². The highest BCUT2D eigenvalue weighted by molar-refractivity contribution is 4.88. The Morgan fingerprint density at radius 2 is 1.79 bits per heavy atom. The van der Waals surface area contributed by atoms with Gasteiger partial charge in [0.2, 0.25) is 0 Å². The van der Waals surface area contributed by atoms with Gasteiger partial charge < -0.3 is 16.2 Å². The number of rotatable bonds is 3. The molecule has 0 spiro atoms. The van der Waals surface area contributed by atoms with Gasteiger partial charge >= 0.3 is 0 Å². The molecule has 82 valence electrons. The molecule has 0 aromatic carbocycles. The van der Waals surface area contributed by atoms with E-state index in [2.05, 4.69) is 5.32 Å². The van der Waals surface area contributed by atoms with Crippen LogP contribution in [0.25, 0.3) is 0 Å². The van der Waals surface area contributed by atoms with Gasteiger partial charge in [-0.05, 0) is 51.0 Å². The van der Waals surface area contributed by atoms with Gasteiger partial charge in [0.25, 0.3) is 0 Å². The summed E-state index contributed by atoms with van der Waals surface area (Å²) in [6, 6.07) is 1.12. The van der Waals surface area contributed by atoms with Gasteiger partial charge in [-0.25, -0.2) is 0 Å². The molecular formula is C11H22N2O. The molecule has 2 rings (SSSR count). The van der Waals surface area contributed by atoms with Crippen molar-refractivity contribution >= 4 is 0 Å². The number of hydrogen-bond acceptors (Lipinski definition) is 3. The maximum absolute atomic E-state index is 9.36. The summed E-state index contributed by atoms with van der Waals surface area (Å²) in [4.78, 5) is 0. The van der Waals surface area contributed by atoms with E-state index in [9.17, 15) is 5.11 Å². The lowest BCUT2D eigenvalue weighted by molar-refractivity contribution is 0.106. The van der Waals surface area contributed by atoms with Crippen LogP contribution in [0, 0.1) is 5.92 Å². The Balaban J connectivity index is 1.57. The highest BCUT2D eigenvalue weighted by atomic mass is 16.3. The number of aliphatic hydroxyl groups excluding tert-OH is 1. The van der Waals surface area contributed by atoms with Crippen molar-refractivity contribution in [3.63, 3.8) is 0 Å². The third-order valence-corrected chi connectivity index (χ3v) is 3.69. The Labute approximate surface area is 86.1 Å². The van der Waals surface area contributed by atoms with Crippen molar-refractivity contribution in [3.8, 4) is 0 Å². The summed E-state index contributed by atoms with van der Waals surface area (Å²) in [5, 5.41) is 12.9. The zero-order valence-corrected chi connectivity index (χ0v) is 8.78. The summed E-state index contributed by atoms with van der Waals surface area (Å²) in [6.07, 6.45) is 6.64. The molecule has 0 aromatic rings. The van der Waals surface area contributed by atoms with Crippen LogP contribution >= 0.6 is 0 Å². The smallest absolute Gasteiger partial charge is 0.0540 e. The van der Waals surface area contributed by atoms with Gasteiger partial charge in [-0.2, -0.15) is 0 Å². The Morgan fingerprint density at radius 1 is 1.14 bits per heavy atom. The van der Waals surface area contributed by atoms with Crippen molar-refractivity contribution in [2.75, 3.05) is 6.54 Å². The van der Waals surface area contributed by atoms with E-state index in [1.54, 1.807) is 0 Å². The van der Waals surface area contributed by atoms with Gasteiger partial charge in [-0.1, -0.05) is 0 Å². The van der Waals surface area contributed by atoms with Gasteiger partial charge in [-0.3, -0.25) is 0 Å². The molecule has 2 saturated carbocycles. The zero-order valence-electron chi connectivity index (χ0n) is 8.78. The Kier molecular flexibility index (Phi) is 3.42. The quantitative estimate of drug-likeness (QED) is 0.623. The highest BCUT2D eigenvalue weighted by Gasteiger charge is 2.26. The Hall–Kier alpha value is -0.120. The van der Waals surface area contributed by atoms with E-state index in [0.29, 0.717) is 12.1 Å². The van der Waals surface area contributed by atoms with E-state index in [1.807, 2.05) is 0 Å². The molecule has 0 aromatic heterocycles. The predicted octanol–water partition coefficient (Wildman–Crippen LogP) is 0.617. The van der Waals surface area contributed by atoms with Crippen LogP contribution < -0.4 is 11.1 Å². The van der Waals surface area contributed by atoms with Gasteiger partial charge in [0.15, 0.2) is 0 Å². The van der Waals surface area contributed by atoms with Gasteiger partial charge in [-0.15, -0.1) is 0 Å². The molecule has 0 radical (unpaired) electrons. The number of aliphatic hydroxyl groups is 1. The summed E-state index contributed by atoms with van der Waals surface area (Å²) in [7, 11) is 0. The lowest BCUT2D eigenvalue weighted by Gasteiger charge is -2.35. The molecule has 0 aliphatic heterocycles. The van der Waals surface area contributed by atoms with Crippen molar-refractivity contribution < 1.29 is 5.11 Å². The molecular weight excluding hydrogens is 176 g/mol. The summed E-state index contributed by atoms with van der Waals surface area (Å²) in [6.45, 7) is 1.13. The third kappa shape index (κ3) is 2.69. The first-order valence-electron chi connectivity index (χ1n) is 5.91. The second-order valence-electron chi connectivity index (χ2n) is 5.01. The molecule has 0 saturated heterocycles. The molecule has 3 nitrogen and oxygen atoms in total. The minimum atomic E-state index is -0.0247. The zero-order chi connectivity index (χ0) is 9.97. The molecule has 0 unspecified atom stereocenters. The van der Waals surface area contributed by atoms with Crippen LogP contribution in [0.3, 0.4) is 0 Å². The van der Waals surface area contributed by atoms with Crippen molar-refractivity contribution in [1.29, 1.82) is 0 Å². The van der Waals surface area contributed by atoms with E-state index in [4.69, 9.17) is 5.73 Å². The average Bonchev–Trinajstić information content (AvgIpc) is 2.13. The first kappa shape index (κ1) is 10.4. The van der Waals surface area contributed by atoms with Crippen molar-refractivity contribution in [2.45, 2.75) is 56.7 Å². The fraction of sp³-hybridized carbons (Fsp3) is 1.00. The van der Waals surface area contributed by atoms with E-state index in [-0.39, 0.29) is 6.10 Å². The first-order valence-corrected chi connectivity index (χ1v) is 5.91. The monoisotopic (exact) mass is 198 g/mol. The van der Waals surface area contributed by atoms with Gasteiger partial charge in [0, 0.05) is 12.1 Å². The van der Waals surface area contributed by atoms with Crippen molar-refractivity contribution in [3.05, 3.63) is 0 Å². The second-order valence-corrected chi connectivity index (χ2v) is 5.01. The average molecular weight is 198 g/mol. The SMILES string of the molecule is NC1CC(NCC2CCC(O)CC2)C1. The molecule has 2 aliphatic rings. The molecule has 0 atom stereocenters. The van der Waals surface area contributed by atoms with Crippen LogP contribution in [0.2, 0.25) is 0 Å². The van der Waals surface area contributed by atoms with E-state index < -0.39 is 0 Å². The van der Waals surface area contributed by atoms with E-state index in [1.165, 1.54) is 12.8 Å². The maximum Gasteiger partial charge on any atom is 0.0540 e. The molecule has 0 amide bonds. The fourth-order valence-corrected chi connectivity index (χ4v) is 2.51. The van der Waals surface area contributed by atoms with Crippen LogP contribution in [0.1, 0.15) is 38.5 Å². The summed E-state index contributed by atoms with van der Waals surface area (Å²) in [5.41, 5.74) is 5.72. The fourth-order valence-electron chi connectivity index (χ4n) is 2.51. The van der Waals surface area contributed by atoms with Crippen LogP contribution in [-0.2, 0) is 0 Å². The second kappa shape index (κ2) is 4.60. The van der Waals surface area contributed by atoms with Crippen LogP contribution in [0.15, 0.2) is 0 Å². The summed E-state index contributed by atoms with van der Waals surface area (Å²) < 4.78 is 0. The van der Waals surface area contributed by atoms with Crippen molar-refractivity contribution in [1.82, 2.24) is 5.32 Å². The molecule has 0 heterocycles. The van der Waals surface area contributed by atoms with Gasteiger partial charge in [0.05, 0.1) is 6.10 Å². The van der Waals surface area contributed by atoms with E-state index >= 15 is 0 Å². The largest absolute Gasteiger partial charge is 0.393 e. The van der Waals surface area contributed by atoms with Crippen LogP contribution in [0.5, 0.6) is 0 Å². The Bertz CT molecular complexity index is 172. The highest BCUT2D eigenvalue weighted by Crippen LogP contribution is 2.24. The third-order valence-electron chi connectivity index (χ3n) is 3.69. The van der Waals surface area contributed by atoms with Crippen LogP contribution in [0.4, 0.5) is 0 Å². The van der Waals surface area contributed by atoms with E-state index in [0.717, 1.165) is 38.1 Å². The molecule has 2 aliphatic carbocycles. The molecule has 14 heavy (non-hydrogen) atoms. The molecule has 2 fully saturated rings. The topological polar surface area (TPSA) is 58.3 Å². The maximum atomic E-state index is 9.36. The lowest BCUT2D eigenvalue weighted by atomic mass is 9.85. The molecule has 0 bridgehead atoms. The Morgan fingerprint density at radius 3 is 2.36 bits per heavy atom. The van der Waals surface area contributed by atoms with Gasteiger partial charge in [0.1, 0.15) is 0 Å². The van der Waals surface area contributed by atoms with Crippen molar-refractivity contribution in [2.24, 2.45) is 11.7 Å². The number of hydrogen-bond donors (Lipinski definition) is 3. The normalized spacial score (nSPS) is 43.3. The summed E-state index contributed by atoms with van der Waals surface area (Å²) in [5.74, 6) is 0.787. The predicted molar refractivity (Wildman–Crippen MR) is 57.0 cm³/mol. The first-order chi connectivity index (χ1) is 6.74. The minimum Gasteiger partial charge on any atom is -0.393 e. The summed E-state index contributed by atoms with van der Waals surface area (Å²) >= 11 is 0. The minimum absolute atomic E-state index is 0.0247. The molecule has 3 heteroatoms. The molecule has 4 N–H and O–H groups in total. The standard InChI is InChI=1S/C11H22N2O/c12-9-5-10(6-9)13-7-8-1-3-11(14)4-2-8/h8-11,13-14H,1-7,12H2.